The molecule has 0 N–H and O–H groups in total. The Hall–Kier alpha value is -5.46. The van der Waals surface area contributed by atoms with E-state index in [-0.39, 0.29) is 0 Å². The highest BCUT2D eigenvalue weighted by atomic mass is 32.1. The second-order valence-electron chi connectivity index (χ2n) is 10.7. The van der Waals surface area contributed by atoms with Gasteiger partial charge in [-0.3, -0.25) is 0 Å². The van der Waals surface area contributed by atoms with Crippen molar-refractivity contribution >= 4 is 90.5 Å². The van der Waals surface area contributed by atoms with Gasteiger partial charge in [-0.05, 0) is 59.0 Å². The van der Waals surface area contributed by atoms with Crippen LogP contribution in [0.2, 0.25) is 0 Å². The molecular weight excluding hydrogens is 563 g/mol. The van der Waals surface area contributed by atoms with Crippen LogP contribution in [-0.4, -0.2) is 4.57 Å². The molecule has 9 rings (SSSR count). The molecule has 0 aliphatic rings. The summed E-state index contributed by atoms with van der Waals surface area (Å²) in [6.45, 7) is 8.16. The van der Waals surface area contributed by atoms with E-state index in [2.05, 4.69) is 119 Å². The summed E-state index contributed by atoms with van der Waals surface area (Å²) in [6.07, 6.45) is 0. The Labute approximate surface area is 254 Å². The predicted molar refractivity (Wildman–Crippen MR) is 183 cm³/mol. The molecule has 0 bridgehead atoms. The number of nitrogens with zero attached hydrogens (tertiary/aromatic N) is 3. The first-order chi connectivity index (χ1) is 21.2. The third-order valence-electron chi connectivity index (χ3n) is 8.44. The normalized spacial score (nSPS) is 11.7. The standard InChI is InChI=1S/C38H19N3S2/c1-40-31-20-23(24-10-6-11-28-27-9-3-5-15-35(27)42-36(24)28)19-30-29-12-7-14-33(38(29)43-37(30)31)41-32-13-4-2-8-25(32)26-17-16-22(21-39)18-34(26)41/h2-20H. The Kier molecular flexibility index (Phi) is 5.07. The maximum absolute atomic E-state index is 9.70. The molecule has 0 aliphatic carbocycles. The lowest BCUT2D eigenvalue weighted by atomic mass is 9.99. The predicted octanol–water partition coefficient (Wildman–Crippen LogP) is 11.6. The number of hydrogen-bond donors (Lipinski definition) is 0. The van der Waals surface area contributed by atoms with E-state index in [1.807, 2.05) is 23.5 Å². The van der Waals surface area contributed by atoms with Gasteiger partial charge >= 0.3 is 0 Å². The maximum atomic E-state index is 9.70. The second kappa shape index (κ2) is 9.02. The number of nitriles is 1. The van der Waals surface area contributed by atoms with Gasteiger partial charge in [-0.2, -0.15) is 5.26 Å². The molecule has 0 aliphatic heterocycles. The molecule has 3 aromatic heterocycles. The third-order valence-corrected chi connectivity index (χ3v) is 10.9. The molecule has 0 atom stereocenters. The first-order valence-electron chi connectivity index (χ1n) is 13.9. The van der Waals surface area contributed by atoms with E-state index in [4.69, 9.17) is 6.57 Å². The molecule has 6 aromatic carbocycles. The van der Waals surface area contributed by atoms with Crippen LogP contribution < -0.4 is 0 Å². The van der Waals surface area contributed by atoms with Crippen LogP contribution in [0.15, 0.2) is 115 Å². The number of benzene rings is 6. The van der Waals surface area contributed by atoms with Crippen molar-refractivity contribution in [2.75, 3.05) is 0 Å². The highest BCUT2D eigenvalue weighted by Gasteiger charge is 2.19. The summed E-state index contributed by atoms with van der Waals surface area (Å²) in [4.78, 5) is 4.04. The topological polar surface area (TPSA) is 33.1 Å². The number of rotatable bonds is 2. The Bertz CT molecular complexity index is 2710. The molecule has 0 radical (unpaired) electrons. The number of para-hydroxylation sites is 1. The lowest BCUT2D eigenvalue weighted by Gasteiger charge is -2.09. The maximum Gasteiger partial charge on any atom is 0.205 e. The van der Waals surface area contributed by atoms with Crippen LogP contribution in [0.5, 0.6) is 0 Å². The minimum absolute atomic E-state index is 0.635. The lowest BCUT2D eigenvalue weighted by Crippen LogP contribution is -1.94. The van der Waals surface area contributed by atoms with E-state index in [1.165, 1.54) is 20.2 Å². The van der Waals surface area contributed by atoms with E-state index in [0.29, 0.717) is 11.3 Å². The molecule has 3 nitrogen and oxygen atoms in total. The van der Waals surface area contributed by atoms with Crippen molar-refractivity contribution in [3.8, 4) is 22.9 Å². The molecule has 0 unspecified atom stereocenters. The summed E-state index contributed by atoms with van der Waals surface area (Å²) >= 11 is 3.49. The summed E-state index contributed by atoms with van der Waals surface area (Å²) < 4.78 is 6.93. The molecule has 198 valence electrons. The molecule has 43 heavy (non-hydrogen) atoms. The molecule has 9 aromatic rings. The van der Waals surface area contributed by atoms with Crippen LogP contribution in [-0.2, 0) is 0 Å². The van der Waals surface area contributed by atoms with Gasteiger partial charge in [0, 0.05) is 41.0 Å². The average molecular weight is 582 g/mol. The van der Waals surface area contributed by atoms with Crippen LogP contribution in [0, 0.1) is 17.9 Å². The van der Waals surface area contributed by atoms with Crippen molar-refractivity contribution in [3.05, 3.63) is 132 Å². The van der Waals surface area contributed by atoms with Crippen molar-refractivity contribution < 1.29 is 0 Å². The molecule has 0 fully saturated rings. The Morgan fingerprint density at radius 3 is 2.21 bits per heavy atom. The summed E-state index contributed by atoms with van der Waals surface area (Å²) in [5.41, 5.74) is 6.70. The van der Waals surface area contributed by atoms with Gasteiger partial charge in [0.25, 0.3) is 0 Å². The fourth-order valence-electron chi connectivity index (χ4n) is 6.56. The van der Waals surface area contributed by atoms with Crippen molar-refractivity contribution in [2.45, 2.75) is 0 Å². The second-order valence-corrected chi connectivity index (χ2v) is 12.8. The number of fused-ring (bicyclic) bond motifs is 9. The van der Waals surface area contributed by atoms with Gasteiger partial charge in [-0.1, -0.05) is 72.8 Å². The molecule has 0 saturated heterocycles. The van der Waals surface area contributed by atoms with Crippen LogP contribution in [0.4, 0.5) is 5.69 Å². The van der Waals surface area contributed by atoms with Gasteiger partial charge in [0.15, 0.2) is 0 Å². The van der Waals surface area contributed by atoms with Gasteiger partial charge in [0.2, 0.25) is 5.69 Å². The Balaban J connectivity index is 1.35. The van der Waals surface area contributed by atoms with E-state index >= 15 is 0 Å². The summed E-state index contributed by atoms with van der Waals surface area (Å²) in [5, 5.41) is 16.7. The zero-order valence-electron chi connectivity index (χ0n) is 22.6. The summed E-state index contributed by atoms with van der Waals surface area (Å²) in [5.74, 6) is 0. The Morgan fingerprint density at radius 1 is 0.605 bits per heavy atom. The minimum Gasteiger partial charge on any atom is -0.308 e. The largest absolute Gasteiger partial charge is 0.308 e. The quantitative estimate of drug-likeness (QED) is 0.187. The van der Waals surface area contributed by atoms with Crippen LogP contribution >= 0.6 is 22.7 Å². The number of aromatic nitrogens is 1. The van der Waals surface area contributed by atoms with Crippen molar-refractivity contribution in [2.24, 2.45) is 0 Å². The first kappa shape index (κ1) is 24.2. The van der Waals surface area contributed by atoms with Crippen LogP contribution in [0.25, 0.3) is 83.8 Å². The smallest absolute Gasteiger partial charge is 0.205 e. The molecule has 5 heteroatoms. The molecule has 0 amide bonds. The SMILES string of the molecule is [C-]#[N+]c1cc(-c2cccc3c2sc2ccccc23)cc2c1sc1c(-n3c4ccccc4c4ccc(C#N)cc43)cccc12. The average Bonchev–Trinajstić information content (AvgIpc) is 3.73. The van der Waals surface area contributed by atoms with Gasteiger partial charge in [0.1, 0.15) is 0 Å². The highest BCUT2D eigenvalue weighted by Crippen LogP contribution is 2.47. The van der Waals surface area contributed by atoms with Gasteiger partial charge in [-0.25, -0.2) is 4.85 Å². The fraction of sp³-hybridized carbons (Fsp3) is 0. The van der Waals surface area contributed by atoms with Crippen LogP contribution in [0.1, 0.15) is 5.56 Å². The molecule has 3 heterocycles. The van der Waals surface area contributed by atoms with E-state index < -0.39 is 0 Å². The summed E-state index contributed by atoms with van der Waals surface area (Å²) in [7, 11) is 0. The van der Waals surface area contributed by atoms with Crippen LogP contribution in [0.3, 0.4) is 0 Å². The van der Waals surface area contributed by atoms with Crippen molar-refractivity contribution in [1.82, 2.24) is 4.57 Å². The lowest BCUT2D eigenvalue weighted by molar-refractivity contribution is 1.20. The van der Waals surface area contributed by atoms with Crippen molar-refractivity contribution in [3.63, 3.8) is 0 Å². The first-order valence-corrected chi connectivity index (χ1v) is 15.6. The summed E-state index contributed by atoms with van der Waals surface area (Å²) in [6, 6.07) is 42.5. The number of hydrogen-bond acceptors (Lipinski definition) is 3. The number of thiophene rings is 2. The van der Waals surface area contributed by atoms with E-state index in [1.54, 1.807) is 11.3 Å². The monoisotopic (exact) mass is 581 g/mol. The van der Waals surface area contributed by atoms with Gasteiger partial charge in [0.05, 0.1) is 39.6 Å². The third kappa shape index (κ3) is 3.38. The molecule has 0 saturated carbocycles. The van der Waals surface area contributed by atoms with E-state index in [0.717, 1.165) is 58.8 Å². The zero-order valence-corrected chi connectivity index (χ0v) is 24.3. The fourth-order valence-corrected chi connectivity index (χ4v) is 9.04. The van der Waals surface area contributed by atoms with Gasteiger partial charge < -0.3 is 4.57 Å². The molecule has 0 spiro atoms. The zero-order chi connectivity index (χ0) is 28.7. The highest BCUT2D eigenvalue weighted by molar-refractivity contribution is 7.27. The van der Waals surface area contributed by atoms with Gasteiger partial charge in [-0.15, -0.1) is 22.7 Å². The Morgan fingerprint density at radius 2 is 1.35 bits per heavy atom. The van der Waals surface area contributed by atoms with E-state index in [9.17, 15) is 5.26 Å². The van der Waals surface area contributed by atoms with Crippen molar-refractivity contribution in [1.29, 1.82) is 5.26 Å². The molecular formula is C38H19N3S2. The minimum atomic E-state index is 0.635.